The number of nitrogens with one attached hydrogen (secondary N) is 1. The van der Waals surface area contributed by atoms with Gasteiger partial charge in [0.05, 0.1) is 19.7 Å². The van der Waals surface area contributed by atoms with Crippen LogP contribution < -0.4 is 15.8 Å². The molecule has 0 radical (unpaired) electrons. The van der Waals surface area contributed by atoms with Crippen LogP contribution in [0.3, 0.4) is 0 Å². The Morgan fingerprint density at radius 2 is 2.08 bits per heavy atom. The highest BCUT2D eigenvalue weighted by atomic mass is 35.5. The number of hydrogen-bond donors (Lipinski definition) is 2. The predicted molar refractivity (Wildman–Crippen MR) is 102 cm³/mol. The van der Waals surface area contributed by atoms with Gasteiger partial charge in [-0.25, -0.2) is 0 Å². The van der Waals surface area contributed by atoms with E-state index in [4.69, 9.17) is 10.5 Å². The van der Waals surface area contributed by atoms with Crippen LogP contribution in [0, 0.1) is 11.3 Å². The normalized spacial score (nSPS) is 24.4. The van der Waals surface area contributed by atoms with Crippen molar-refractivity contribution < 1.29 is 9.53 Å². The number of benzene rings is 1. The van der Waals surface area contributed by atoms with Crippen molar-refractivity contribution in [2.45, 2.75) is 32.2 Å². The number of carbonyl (C=O) groups excluding carboxylic acids is 1. The Morgan fingerprint density at radius 1 is 1.40 bits per heavy atom. The quantitative estimate of drug-likeness (QED) is 0.776. The third kappa shape index (κ3) is 5.09. The van der Waals surface area contributed by atoms with Crippen LogP contribution in [0.1, 0.15) is 37.8 Å². The van der Waals surface area contributed by atoms with Crippen molar-refractivity contribution in [3.05, 3.63) is 29.8 Å². The van der Waals surface area contributed by atoms with E-state index in [9.17, 15) is 4.79 Å². The number of carbonyl (C=O) groups is 1. The van der Waals surface area contributed by atoms with Crippen LogP contribution in [-0.2, 0) is 4.79 Å². The van der Waals surface area contributed by atoms with E-state index in [1.54, 1.807) is 7.11 Å². The summed E-state index contributed by atoms with van der Waals surface area (Å²) in [6, 6.07) is 8.16. The lowest BCUT2D eigenvalue weighted by Gasteiger charge is -2.24. The summed E-state index contributed by atoms with van der Waals surface area (Å²) in [6.07, 6.45) is 3.44. The first-order valence-electron chi connectivity index (χ1n) is 8.89. The van der Waals surface area contributed by atoms with Crippen molar-refractivity contribution in [3.8, 4) is 5.75 Å². The molecule has 1 saturated carbocycles. The second-order valence-corrected chi connectivity index (χ2v) is 7.63. The molecule has 6 heteroatoms. The van der Waals surface area contributed by atoms with Crippen molar-refractivity contribution in [2.24, 2.45) is 17.1 Å². The number of rotatable bonds is 7. The zero-order valence-electron chi connectivity index (χ0n) is 15.2. The van der Waals surface area contributed by atoms with E-state index in [1.807, 2.05) is 12.1 Å². The maximum Gasteiger partial charge on any atom is 0.234 e. The highest BCUT2D eigenvalue weighted by Crippen LogP contribution is 2.41. The summed E-state index contributed by atoms with van der Waals surface area (Å²) >= 11 is 0. The van der Waals surface area contributed by atoms with Crippen molar-refractivity contribution in [3.63, 3.8) is 0 Å². The van der Waals surface area contributed by atoms with E-state index < -0.39 is 0 Å². The van der Waals surface area contributed by atoms with Gasteiger partial charge < -0.3 is 15.8 Å². The average Bonchev–Trinajstić information content (AvgIpc) is 3.37. The number of nitrogens with zero attached hydrogens (tertiary/aromatic N) is 1. The molecule has 140 valence electrons. The minimum Gasteiger partial charge on any atom is -0.497 e. The highest BCUT2D eigenvalue weighted by Gasteiger charge is 2.36. The monoisotopic (exact) mass is 367 g/mol. The summed E-state index contributed by atoms with van der Waals surface area (Å²) in [4.78, 5) is 14.8. The maximum atomic E-state index is 12.5. The fourth-order valence-corrected chi connectivity index (χ4v) is 3.56. The smallest absolute Gasteiger partial charge is 0.234 e. The molecule has 2 fully saturated rings. The Morgan fingerprint density at radius 3 is 2.60 bits per heavy atom. The number of nitrogens with two attached hydrogens (primary N) is 1. The second-order valence-electron chi connectivity index (χ2n) is 7.63. The molecule has 0 spiro atoms. The molecular weight excluding hydrogens is 338 g/mol. The minimum atomic E-state index is 0. The Kier molecular flexibility index (Phi) is 6.72. The summed E-state index contributed by atoms with van der Waals surface area (Å²) < 4.78 is 5.22. The molecule has 1 heterocycles. The van der Waals surface area contributed by atoms with Gasteiger partial charge >= 0.3 is 0 Å². The standard InChI is InChI=1S/C19H29N3O2.ClH/c1-19(12-20)9-10-22(13-19)11-17(23)21-18(14-3-4-14)15-5-7-16(24-2)8-6-15;/h5-8,14,18H,3-4,9-13,20H2,1-2H3,(H,21,23);1H. The van der Waals surface area contributed by atoms with Crippen molar-refractivity contribution in [2.75, 3.05) is 33.3 Å². The average molecular weight is 368 g/mol. The lowest BCUT2D eigenvalue weighted by atomic mass is 9.90. The molecule has 2 unspecified atom stereocenters. The lowest BCUT2D eigenvalue weighted by molar-refractivity contribution is -0.123. The fraction of sp³-hybridized carbons (Fsp3) is 0.632. The molecule has 5 nitrogen and oxygen atoms in total. The van der Waals surface area contributed by atoms with E-state index >= 15 is 0 Å². The molecule has 1 saturated heterocycles. The Labute approximate surface area is 156 Å². The molecule has 1 aromatic carbocycles. The first kappa shape index (κ1) is 20.0. The molecule has 1 aliphatic heterocycles. The van der Waals surface area contributed by atoms with Gasteiger partial charge in [-0.05, 0) is 61.4 Å². The van der Waals surface area contributed by atoms with Gasteiger partial charge in [-0.15, -0.1) is 12.4 Å². The van der Waals surface area contributed by atoms with Gasteiger partial charge in [0.15, 0.2) is 0 Å². The van der Waals surface area contributed by atoms with E-state index in [0.717, 1.165) is 25.3 Å². The van der Waals surface area contributed by atoms with Gasteiger partial charge in [-0.3, -0.25) is 9.69 Å². The summed E-state index contributed by atoms with van der Waals surface area (Å²) in [5.41, 5.74) is 7.18. The number of methoxy groups -OCH3 is 1. The zero-order valence-corrected chi connectivity index (χ0v) is 16.0. The minimum absolute atomic E-state index is 0. The summed E-state index contributed by atoms with van der Waals surface area (Å²) in [5, 5.41) is 3.25. The van der Waals surface area contributed by atoms with Crippen LogP contribution in [0.5, 0.6) is 5.75 Å². The molecule has 2 aliphatic rings. The molecule has 3 N–H and O–H groups in total. The second kappa shape index (κ2) is 8.39. The van der Waals surface area contributed by atoms with Crippen LogP contribution >= 0.6 is 12.4 Å². The van der Waals surface area contributed by atoms with Gasteiger partial charge in [0, 0.05) is 6.54 Å². The zero-order chi connectivity index (χ0) is 17.2. The summed E-state index contributed by atoms with van der Waals surface area (Å²) in [7, 11) is 1.67. The van der Waals surface area contributed by atoms with Crippen LogP contribution in [0.2, 0.25) is 0 Å². The van der Waals surface area contributed by atoms with E-state index in [1.165, 1.54) is 18.4 Å². The number of amides is 1. The number of likely N-dealkylation sites (tertiary alicyclic amines) is 1. The van der Waals surface area contributed by atoms with Gasteiger partial charge in [0.2, 0.25) is 5.91 Å². The largest absolute Gasteiger partial charge is 0.497 e. The van der Waals surface area contributed by atoms with Crippen LogP contribution in [0.15, 0.2) is 24.3 Å². The molecular formula is C19H30ClN3O2. The lowest BCUT2D eigenvalue weighted by Crippen LogP contribution is -2.40. The van der Waals surface area contributed by atoms with Gasteiger partial charge in [0.25, 0.3) is 0 Å². The molecule has 1 amide bonds. The third-order valence-corrected chi connectivity index (χ3v) is 5.38. The van der Waals surface area contributed by atoms with Crippen LogP contribution in [0.4, 0.5) is 0 Å². The Balaban J connectivity index is 0.00000225. The molecule has 25 heavy (non-hydrogen) atoms. The maximum absolute atomic E-state index is 12.5. The first-order chi connectivity index (χ1) is 11.5. The SMILES string of the molecule is COc1ccc(C(NC(=O)CN2CCC(C)(CN)C2)C2CC2)cc1.Cl. The predicted octanol–water partition coefficient (Wildman–Crippen LogP) is 2.36. The van der Waals surface area contributed by atoms with Gasteiger partial charge in [-0.2, -0.15) is 0 Å². The highest BCUT2D eigenvalue weighted by molar-refractivity contribution is 5.85. The Bertz CT molecular complexity index is 577. The molecule has 2 atom stereocenters. The molecule has 1 aliphatic carbocycles. The summed E-state index contributed by atoms with van der Waals surface area (Å²) in [6.45, 7) is 5.22. The fourth-order valence-electron chi connectivity index (χ4n) is 3.56. The van der Waals surface area contributed by atoms with E-state index in [0.29, 0.717) is 19.0 Å². The molecule has 0 bridgehead atoms. The van der Waals surface area contributed by atoms with Crippen molar-refractivity contribution in [1.82, 2.24) is 10.2 Å². The van der Waals surface area contributed by atoms with Crippen LogP contribution in [-0.4, -0.2) is 44.1 Å². The topological polar surface area (TPSA) is 67.6 Å². The number of halogens is 1. The van der Waals surface area contributed by atoms with E-state index in [2.05, 4.69) is 29.3 Å². The molecule has 3 rings (SSSR count). The summed E-state index contributed by atoms with van der Waals surface area (Å²) in [5.74, 6) is 1.52. The molecule has 0 aromatic heterocycles. The molecule has 1 aromatic rings. The van der Waals surface area contributed by atoms with Gasteiger partial charge in [0.1, 0.15) is 5.75 Å². The Hall–Kier alpha value is -1.30. The van der Waals surface area contributed by atoms with Crippen molar-refractivity contribution >= 4 is 18.3 Å². The first-order valence-corrected chi connectivity index (χ1v) is 8.89. The van der Waals surface area contributed by atoms with Gasteiger partial charge in [-0.1, -0.05) is 19.1 Å². The number of ether oxygens (including phenoxy) is 1. The van der Waals surface area contributed by atoms with Crippen molar-refractivity contribution in [1.29, 1.82) is 0 Å². The number of hydrogen-bond acceptors (Lipinski definition) is 4. The van der Waals surface area contributed by atoms with Crippen LogP contribution in [0.25, 0.3) is 0 Å². The third-order valence-electron chi connectivity index (χ3n) is 5.38. The van der Waals surface area contributed by atoms with E-state index in [-0.39, 0.29) is 29.8 Å².